The zero-order valence-electron chi connectivity index (χ0n) is 19.7. The molecular formula is C24H27N4O7P. The zero-order chi connectivity index (χ0) is 24.9. The lowest BCUT2D eigenvalue weighted by Gasteiger charge is -2.27. The molecule has 4 aliphatic rings. The monoisotopic (exact) mass is 514 g/mol. The van der Waals surface area contributed by atoms with Crippen LogP contribution >= 0.6 is 7.67 Å². The summed E-state index contributed by atoms with van der Waals surface area (Å²) in [5.74, 6) is 0.354. The van der Waals surface area contributed by atoms with Crippen molar-refractivity contribution < 1.29 is 28.3 Å². The minimum absolute atomic E-state index is 0.133. The molecule has 11 nitrogen and oxygen atoms in total. The molecule has 0 bridgehead atoms. The van der Waals surface area contributed by atoms with Gasteiger partial charge in [0, 0.05) is 56.5 Å². The Kier molecular flexibility index (Phi) is 6.05. The largest absolute Gasteiger partial charge is 0.450 e. The lowest BCUT2D eigenvalue weighted by molar-refractivity contribution is -0.385. The molecule has 0 aromatic heterocycles. The number of carbonyl (C=O) groups excluding carboxylic acids is 1. The number of rotatable bonds is 8. The van der Waals surface area contributed by atoms with Crippen molar-refractivity contribution >= 4 is 19.3 Å². The molecule has 0 saturated carbocycles. The van der Waals surface area contributed by atoms with Gasteiger partial charge in [-0.15, -0.1) is 0 Å². The molecule has 1 amide bonds. The first-order valence-corrected chi connectivity index (χ1v) is 13.7. The summed E-state index contributed by atoms with van der Waals surface area (Å²) in [5.41, 5.74) is 1.74. The number of hydrogen-bond acceptors (Lipinski definition) is 7. The van der Waals surface area contributed by atoms with Gasteiger partial charge in [-0.3, -0.25) is 24.0 Å². The molecule has 3 fully saturated rings. The molecule has 1 aliphatic carbocycles. The summed E-state index contributed by atoms with van der Waals surface area (Å²) < 4.78 is 34.9. The number of nitrogens with zero attached hydrogens (tertiary/aromatic N) is 4. The molecule has 2 aromatic carbocycles. The quantitative estimate of drug-likeness (QED) is 0.226. The normalized spacial score (nSPS) is 21.8. The van der Waals surface area contributed by atoms with Crippen LogP contribution in [0.1, 0.15) is 34.0 Å². The summed E-state index contributed by atoms with van der Waals surface area (Å²) in [5, 5.41) is 11.9. The number of ether oxygens (including phenoxy) is 2. The first-order chi connectivity index (χ1) is 17.4. The standard InChI is InChI=1S/C24H27N4O7P/c29-24(25-12-14-33-15-13-25)17-2-1-3-18(16-17)34-23-20-5-7-22(19(20)4-6-21(23)28(30)31)35-36(32,26-8-9-26)27-10-11-27/h1-4,6,16,22H,5,7-15H2. The Balaban J connectivity index is 1.28. The number of hydrogen-bond donors (Lipinski definition) is 0. The van der Waals surface area contributed by atoms with E-state index in [1.54, 1.807) is 35.2 Å². The van der Waals surface area contributed by atoms with E-state index in [2.05, 4.69) is 0 Å². The molecule has 1 unspecified atom stereocenters. The highest BCUT2D eigenvalue weighted by Gasteiger charge is 2.51. The van der Waals surface area contributed by atoms with Gasteiger partial charge in [-0.05, 0) is 42.7 Å². The smallest absolute Gasteiger partial charge is 0.346 e. The number of amides is 1. The Bertz CT molecular complexity index is 1240. The molecule has 3 heterocycles. The van der Waals surface area contributed by atoms with Crippen LogP contribution in [0.15, 0.2) is 36.4 Å². The Morgan fingerprint density at radius 2 is 1.78 bits per heavy atom. The Labute approximate surface area is 208 Å². The average Bonchev–Trinajstić information content (AvgIpc) is 3.81. The van der Waals surface area contributed by atoms with Crippen molar-refractivity contribution in [3.8, 4) is 11.5 Å². The van der Waals surface area contributed by atoms with Crippen LogP contribution in [0.25, 0.3) is 0 Å². The van der Waals surface area contributed by atoms with E-state index in [0.717, 1.165) is 31.7 Å². The second-order valence-corrected chi connectivity index (χ2v) is 11.6. The molecule has 190 valence electrons. The van der Waals surface area contributed by atoms with Gasteiger partial charge >= 0.3 is 13.4 Å². The van der Waals surface area contributed by atoms with Crippen LogP contribution in [-0.4, -0.2) is 77.6 Å². The van der Waals surface area contributed by atoms with Gasteiger partial charge in [0.05, 0.1) is 24.2 Å². The fourth-order valence-electron chi connectivity index (χ4n) is 4.82. The summed E-state index contributed by atoms with van der Waals surface area (Å²) in [6.07, 6.45) is 0.641. The highest BCUT2D eigenvalue weighted by atomic mass is 31.2. The highest BCUT2D eigenvalue weighted by Crippen LogP contribution is 2.64. The molecule has 3 saturated heterocycles. The van der Waals surface area contributed by atoms with E-state index in [1.807, 2.05) is 9.34 Å². The van der Waals surface area contributed by atoms with Crippen molar-refractivity contribution in [2.24, 2.45) is 0 Å². The fraction of sp³-hybridized carbons (Fsp3) is 0.458. The van der Waals surface area contributed by atoms with Crippen LogP contribution in [0.3, 0.4) is 0 Å². The van der Waals surface area contributed by atoms with Gasteiger partial charge in [-0.2, -0.15) is 0 Å². The summed E-state index contributed by atoms with van der Waals surface area (Å²) in [6.45, 7) is 5.03. The number of carbonyl (C=O) groups is 1. The van der Waals surface area contributed by atoms with E-state index in [9.17, 15) is 19.5 Å². The van der Waals surface area contributed by atoms with E-state index in [4.69, 9.17) is 14.0 Å². The third kappa shape index (κ3) is 4.42. The minimum Gasteiger partial charge on any atom is -0.450 e. The number of nitro benzene ring substituents is 1. The maximum atomic E-state index is 13.5. The van der Waals surface area contributed by atoms with Crippen molar-refractivity contribution in [1.29, 1.82) is 0 Å². The molecule has 3 aliphatic heterocycles. The first-order valence-electron chi connectivity index (χ1n) is 12.2. The van der Waals surface area contributed by atoms with Gasteiger partial charge in [0.15, 0.2) is 0 Å². The summed E-state index contributed by atoms with van der Waals surface area (Å²) >= 11 is 0. The Morgan fingerprint density at radius 1 is 1.06 bits per heavy atom. The summed E-state index contributed by atoms with van der Waals surface area (Å²) in [7, 11) is -3.05. The number of morpholine rings is 1. The third-order valence-corrected chi connectivity index (χ3v) is 9.66. The number of nitro groups is 1. The van der Waals surface area contributed by atoms with Gasteiger partial charge in [0.25, 0.3) is 5.91 Å². The van der Waals surface area contributed by atoms with Gasteiger partial charge in [-0.25, -0.2) is 9.34 Å². The molecule has 0 spiro atoms. The maximum Gasteiger partial charge on any atom is 0.346 e. The predicted octanol–water partition coefficient (Wildman–Crippen LogP) is 3.60. The van der Waals surface area contributed by atoms with Gasteiger partial charge in [-0.1, -0.05) is 6.07 Å². The van der Waals surface area contributed by atoms with E-state index in [0.29, 0.717) is 56.0 Å². The molecule has 6 rings (SSSR count). The van der Waals surface area contributed by atoms with E-state index < -0.39 is 18.7 Å². The van der Waals surface area contributed by atoms with E-state index in [-0.39, 0.29) is 17.3 Å². The predicted molar refractivity (Wildman–Crippen MR) is 129 cm³/mol. The fourth-order valence-corrected chi connectivity index (χ4v) is 7.19. The Morgan fingerprint density at radius 3 is 2.44 bits per heavy atom. The Hall–Kier alpha value is -2.82. The highest BCUT2D eigenvalue weighted by molar-refractivity contribution is 7.54. The first kappa shape index (κ1) is 23.6. The van der Waals surface area contributed by atoms with Gasteiger partial charge in [0.2, 0.25) is 5.75 Å². The molecule has 0 N–H and O–H groups in total. The van der Waals surface area contributed by atoms with Crippen molar-refractivity contribution in [3.63, 3.8) is 0 Å². The van der Waals surface area contributed by atoms with E-state index in [1.165, 1.54) is 6.07 Å². The van der Waals surface area contributed by atoms with E-state index >= 15 is 0 Å². The molecular weight excluding hydrogens is 487 g/mol. The molecule has 0 radical (unpaired) electrons. The number of benzene rings is 2. The topological polar surface area (TPSA) is 114 Å². The van der Waals surface area contributed by atoms with Crippen LogP contribution < -0.4 is 4.74 Å². The number of fused-ring (bicyclic) bond motifs is 1. The van der Waals surface area contributed by atoms with Crippen molar-refractivity contribution in [3.05, 3.63) is 63.2 Å². The lowest BCUT2D eigenvalue weighted by Crippen LogP contribution is -2.40. The van der Waals surface area contributed by atoms with Gasteiger partial charge in [0.1, 0.15) is 5.75 Å². The van der Waals surface area contributed by atoms with Crippen molar-refractivity contribution in [2.75, 3.05) is 52.5 Å². The van der Waals surface area contributed by atoms with Crippen molar-refractivity contribution in [1.82, 2.24) is 14.2 Å². The van der Waals surface area contributed by atoms with Crippen LogP contribution in [0.4, 0.5) is 5.69 Å². The van der Waals surface area contributed by atoms with Crippen molar-refractivity contribution in [2.45, 2.75) is 18.9 Å². The SMILES string of the molecule is O=C(c1cccc(Oc2c([N+](=O)[O-])ccc3c2CCC3OP(=O)(N2CC2)N2CC2)c1)N1CCOCC1. The average molecular weight is 514 g/mol. The maximum absolute atomic E-state index is 13.5. The van der Waals surface area contributed by atoms with Crippen LogP contribution in [0, 0.1) is 10.1 Å². The summed E-state index contributed by atoms with van der Waals surface area (Å²) in [6, 6.07) is 9.80. The van der Waals surface area contributed by atoms with Crippen LogP contribution in [0.5, 0.6) is 11.5 Å². The zero-order valence-corrected chi connectivity index (χ0v) is 20.6. The third-order valence-electron chi connectivity index (χ3n) is 6.90. The minimum atomic E-state index is -3.05. The second kappa shape index (κ2) is 9.24. The second-order valence-electron chi connectivity index (χ2n) is 9.30. The molecule has 36 heavy (non-hydrogen) atoms. The molecule has 12 heteroatoms. The van der Waals surface area contributed by atoms with Crippen LogP contribution in [0.2, 0.25) is 0 Å². The summed E-state index contributed by atoms with van der Waals surface area (Å²) in [4.78, 5) is 26.0. The van der Waals surface area contributed by atoms with Crippen LogP contribution in [-0.2, 0) is 20.2 Å². The lowest BCUT2D eigenvalue weighted by atomic mass is 10.1. The van der Waals surface area contributed by atoms with Gasteiger partial charge < -0.3 is 14.4 Å². The molecule has 1 atom stereocenters. The molecule has 2 aromatic rings.